The average Bonchev–Trinajstić information content (AvgIpc) is 2.13. The van der Waals surface area contributed by atoms with E-state index in [1.807, 2.05) is 6.07 Å². The molecule has 1 aromatic carbocycles. The van der Waals surface area contributed by atoms with Crippen LogP contribution in [0.2, 0.25) is 0 Å². The maximum atomic E-state index is 12.0. The number of hydrogen-bond donors (Lipinski definition) is 2. The van der Waals surface area contributed by atoms with Crippen LogP contribution in [0.4, 0.5) is 5.69 Å². The fraction of sp³-hybridized carbons (Fsp3) is 0.417. The molecule has 2 bridgehead atoms. The Balaban J connectivity index is 1.75. The van der Waals surface area contributed by atoms with E-state index in [9.17, 15) is 4.79 Å². The Morgan fingerprint density at radius 1 is 1.44 bits per heavy atom. The maximum Gasteiger partial charge on any atom is 0.251 e. The van der Waals surface area contributed by atoms with Gasteiger partial charge in [0.15, 0.2) is 0 Å². The molecule has 0 heterocycles. The number of amides is 1. The summed E-state index contributed by atoms with van der Waals surface area (Å²) in [4.78, 5) is 12.0. The minimum atomic E-state index is -0.00245. The molecular formula is C12H13BrN2O. The number of carbonyl (C=O) groups excluding carboxylic acids is 1. The van der Waals surface area contributed by atoms with Gasteiger partial charge in [-0.25, -0.2) is 0 Å². The summed E-state index contributed by atoms with van der Waals surface area (Å²) < 4.78 is 0.828. The quantitative estimate of drug-likeness (QED) is 0.817. The number of nitrogen functional groups attached to an aromatic ring is 1. The van der Waals surface area contributed by atoms with Crippen LogP contribution in [-0.2, 0) is 0 Å². The normalized spacial score (nSPS) is 30.2. The van der Waals surface area contributed by atoms with Crippen LogP contribution < -0.4 is 11.1 Å². The molecule has 3 saturated carbocycles. The van der Waals surface area contributed by atoms with Crippen molar-refractivity contribution in [3.63, 3.8) is 0 Å². The van der Waals surface area contributed by atoms with Gasteiger partial charge in [0.1, 0.15) is 0 Å². The van der Waals surface area contributed by atoms with Crippen molar-refractivity contribution in [2.75, 3.05) is 5.73 Å². The monoisotopic (exact) mass is 280 g/mol. The standard InChI is InChI=1S/C12H13BrN2O/c13-9-2-1-8(3-10(9)14)11(16)15-12-4-7(5-12)6-12/h1-3,7H,4-6,14H2,(H,15,16). The minimum absolute atomic E-state index is 0.00245. The number of anilines is 1. The molecule has 3 nitrogen and oxygen atoms in total. The topological polar surface area (TPSA) is 55.1 Å². The Hall–Kier alpha value is -1.03. The van der Waals surface area contributed by atoms with E-state index in [0.29, 0.717) is 11.3 Å². The Kier molecular flexibility index (Phi) is 2.05. The third-order valence-electron chi connectivity index (χ3n) is 3.68. The zero-order chi connectivity index (χ0) is 11.3. The van der Waals surface area contributed by atoms with Crippen LogP contribution in [0.15, 0.2) is 22.7 Å². The van der Waals surface area contributed by atoms with Crippen LogP contribution in [0.25, 0.3) is 0 Å². The van der Waals surface area contributed by atoms with E-state index in [4.69, 9.17) is 5.73 Å². The van der Waals surface area contributed by atoms with Gasteiger partial charge < -0.3 is 11.1 Å². The SMILES string of the molecule is Nc1cc(C(=O)NC23CC(C2)C3)ccc1Br. The predicted molar refractivity (Wildman–Crippen MR) is 66.1 cm³/mol. The van der Waals surface area contributed by atoms with E-state index in [1.54, 1.807) is 12.1 Å². The fourth-order valence-corrected chi connectivity index (χ4v) is 2.88. The molecule has 4 rings (SSSR count). The van der Waals surface area contributed by atoms with E-state index in [0.717, 1.165) is 29.7 Å². The molecular weight excluding hydrogens is 268 g/mol. The molecule has 0 spiro atoms. The lowest BCUT2D eigenvalue weighted by atomic mass is 9.50. The van der Waals surface area contributed by atoms with Crippen LogP contribution in [0.3, 0.4) is 0 Å². The molecule has 1 aromatic rings. The molecule has 0 radical (unpaired) electrons. The molecule has 0 saturated heterocycles. The number of rotatable bonds is 2. The molecule has 84 valence electrons. The molecule has 0 aliphatic heterocycles. The smallest absolute Gasteiger partial charge is 0.251 e. The molecule has 4 heteroatoms. The molecule has 3 fully saturated rings. The van der Waals surface area contributed by atoms with E-state index < -0.39 is 0 Å². The molecule has 3 aliphatic carbocycles. The third-order valence-corrected chi connectivity index (χ3v) is 4.40. The third kappa shape index (κ3) is 1.44. The van der Waals surface area contributed by atoms with Crippen molar-refractivity contribution >= 4 is 27.5 Å². The van der Waals surface area contributed by atoms with Gasteiger partial charge in [0.25, 0.3) is 5.91 Å². The Labute approximate surface area is 103 Å². The van der Waals surface area contributed by atoms with Crippen molar-refractivity contribution in [2.45, 2.75) is 24.8 Å². The summed E-state index contributed by atoms with van der Waals surface area (Å²) in [6.07, 6.45) is 3.47. The van der Waals surface area contributed by atoms with Gasteiger partial charge in [-0.2, -0.15) is 0 Å². The number of carbonyl (C=O) groups is 1. The maximum absolute atomic E-state index is 12.0. The van der Waals surface area contributed by atoms with Gasteiger partial charge >= 0.3 is 0 Å². The molecule has 3 N–H and O–H groups in total. The summed E-state index contributed by atoms with van der Waals surface area (Å²) in [6.45, 7) is 0. The van der Waals surface area contributed by atoms with E-state index in [-0.39, 0.29) is 11.4 Å². The average molecular weight is 281 g/mol. The first kappa shape index (κ1) is 10.1. The van der Waals surface area contributed by atoms with Crippen molar-refractivity contribution in [3.8, 4) is 0 Å². The van der Waals surface area contributed by atoms with Crippen LogP contribution in [0.1, 0.15) is 29.6 Å². The highest BCUT2D eigenvalue weighted by Crippen LogP contribution is 2.56. The second-order valence-electron chi connectivity index (χ2n) is 4.95. The number of nitrogens with one attached hydrogen (secondary N) is 1. The van der Waals surface area contributed by atoms with Crippen molar-refractivity contribution in [3.05, 3.63) is 28.2 Å². The van der Waals surface area contributed by atoms with Gasteiger partial charge in [0, 0.05) is 21.3 Å². The summed E-state index contributed by atoms with van der Waals surface area (Å²) in [5.41, 5.74) is 7.13. The van der Waals surface area contributed by atoms with Gasteiger partial charge in [0.05, 0.1) is 0 Å². The largest absolute Gasteiger partial charge is 0.398 e. The molecule has 0 aromatic heterocycles. The first-order chi connectivity index (χ1) is 7.58. The number of benzene rings is 1. The zero-order valence-corrected chi connectivity index (χ0v) is 10.4. The highest BCUT2D eigenvalue weighted by Gasteiger charge is 2.57. The Morgan fingerprint density at radius 3 is 2.62 bits per heavy atom. The lowest BCUT2D eigenvalue weighted by Crippen LogP contribution is -2.68. The minimum Gasteiger partial charge on any atom is -0.398 e. The van der Waals surface area contributed by atoms with Gasteiger partial charge in [0.2, 0.25) is 0 Å². The van der Waals surface area contributed by atoms with Gasteiger partial charge in [-0.3, -0.25) is 4.79 Å². The van der Waals surface area contributed by atoms with Crippen molar-refractivity contribution in [1.29, 1.82) is 0 Å². The van der Waals surface area contributed by atoms with Gasteiger partial charge in [-0.1, -0.05) is 0 Å². The van der Waals surface area contributed by atoms with Gasteiger partial charge in [-0.05, 0) is 59.3 Å². The zero-order valence-electron chi connectivity index (χ0n) is 8.79. The number of hydrogen-bond acceptors (Lipinski definition) is 2. The summed E-state index contributed by atoms with van der Waals surface area (Å²) in [7, 11) is 0. The van der Waals surface area contributed by atoms with E-state index in [1.165, 1.54) is 0 Å². The first-order valence-corrected chi connectivity index (χ1v) is 6.25. The molecule has 3 aliphatic rings. The second kappa shape index (κ2) is 3.23. The molecule has 16 heavy (non-hydrogen) atoms. The van der Waals surface area contributed by atoms with Crippen molar-refractivity contribution < 1.29 is 4.79 Å². The molecule has 0 atom stereocenters. The predicted octanol–water partition coefficient (Wildman–Crippen LogP) is 2.31. The van der Waals surface area contributed by atoms with Crippen LogP contribution in [-0.4, -0.2) is 11.4 Å². The fourth-order valence-electron chi connectivity index (χ4n) is 2.63. The molecule has 1 amide bonds. The van der Waals surface area contributed by atoms with E-state index >= 15 is 0 Å². The van der Waals surface area contributed by atoms with Crippen molar-refractivity contribution in [2.24, 2.45) is 5.92 Å². The first-order valence-electron chi connectivity index (χ1n) is 5.46. The second-order valence-corrected chi connectivity index (χ2v) is 5.80. The lowest BCUT2D eigenvalue weighted by molar-refractivity contribution is -0.0438. The number of nitrogens with two attached hydrogens (primary N) is 1. The Morgan fingerprint density at radius 2 is 2.12 bits per heavy atom. The summed E-state index contributed by atoms with van der Waals surface area (Å²) in [5.74, 6) is 0.868. The summed E-state index contributed by atoms with van der Waals surface area (Å²) in [5, 5.41) is 3.11. The van der Waals surface area contributed by atoms with Crippen LogP contribution in [0, 0.1) is 5.92 Å². The summed E-state index contributed by atoms with van der Waals surface area (Å²) >= 11 is 3.32. The van der Waals surface area contributed by atoms with Crippen LogP contribution >= 0.6 is 15.9 Å². The molecule has 0 unspecified atom stereocenters. The number of halogens is 1. The highest BCUT2D eigenvalue weighted by molar-refractivity contribution is 9.10. The van der Waals surface area contributed by atoms with Crippen molar-refractivity contribution in [1.82, 2.24) is 5.32 Å². The van der Waals surface area contributed by atoms with Crippen LogP contribution in [0.5, 0.6) is 0 Å². The van der Waals surface area contributed by atoms with Gasteiger partial charge in [-0.15, -0.1) is 0 Å². The Bertz CT molecular complexity index is 455. The summed E-state index contributed by atoms with van der Waals surface area (Å²) in [6, 6.07) is 5.32. The highest BCUT2D eigenvalue weighted by atomic mass is 79.9. The lowest BCUT2D eigenvalue weighted by Gasteiger charge is -2.61. The van der Waals surface area contributed by atoms with E-state index in [2.05, 4.69) is 21.2 Å².